The lowest BCUT2D eigenvalue weighted by molar-refractivity contribution is 0.0166. The van der Waals surface area contributed by atoms with Crippen molar-refractivity contribution in [1.82, 2.24) is 10.3 Å². The number of carbonyl (C=O) groups is 2. The summed E-state index contributed by atoms with van der Waals surface area (Å²) < 4.78 is 10.9. The number of pyridine rings is 1. The summed E-state index contributed by atoms with van der Waals surface area (Å²) in [6.45, 7) is 2.40. The number of ether oxygens (including phenoxy) is 2. The Morgan fingerprint density at radius 1 is 1.50 bits per heavy atom. The molecule has 120 valence electrons. The maximum Gasteiger partial charge on any atom is 0.335 e. The summed E-state index contributed by atoms with van der Waals surface area (Å²) >= 11 is 0. The van der Waals surface area contributed by atoms with E-state index in [9.17, 15) is 9.59 Å². The van der Waals surface area contributed by atoms with Crippen LogP contribution in [0.15, 0.2) is 18.3 Å². The number of carboxylic acid groups (broad SMARTS) is 1. The van der Waals surface area contributed by atoms with Gasteiger partial charge in [0.05, 0.1) is 18.3 Å². The molecule has 22 heavy (non-hydrogen) atoms. The monoisotopic (exact) mass is 308 g/mol. The number of amides is 1. The maximum absolute atomic E-state index is 11.8. The first kappa shape index (κ1) is 16.4. The second kappa shape index (κ2) is 8.45. The molecule has 2 N–H and O–H groups in total. The van der Waals surface area contributed by atoms with Gasteiger partial charge in [0, 0.05) is 26.0 Å². The first-order valence-corrected chi connectivity index (χ1v) is 7.33. The van der Waals surface area contributed by atoms with Crippen molar-refractivity contribution >= 4 is 11.9 Å². The molecule has 0 bridgehead atoms. The van der Waals surface area contributed by atoms with Crippen molar-refractivity contribution in [1.29, 1.82) is 0 Å². The van der Waals surface area contributed by atoms with Crippen LogP contribution in [-0.4, -0.2) is 54.4 Å². The Balaban J connectivity index is 1.63. The third-order valence-corrected chi connectivity index (χ3v) is 3.32. The van der Waals surface area contributed by atoms with Crippen LogP contribution in [0.3, 0.4) is 0 Å². The van der Waals surface area contributed by atoms with Crippen molar-refractivity contribution in [3.05, 3.63) is 29.6 Å². The van der Waals surface area contributed by atoms with Crippen LogP contribution in [0.4, 0.5) is 0 Å². The minimum Gasteiger partial charge on any atom is -0.478 e. The third kappa shape index (κ3) is 5.09. The fraction of sp³-hybridized carbons (Fsp3) is 0.533. The molecule has 0 aliphatic carbocycles. The highest BCUT2D eigenvalue weighted by Gasteiger charge is 2.15. The van der Waals surface area contributed by atoms with E-state index in [-0.39, 0.29) is 23.3 Å². The number of aromatic carboxylic acids is 1. The van der Waals surface area contributed by atoms with Crippen LogP contribution in [0.1, 0.15) is 40.1 Å². The van der Waals surface area contributed by atoms with E-state index < -0.39 is 5.97 Å². The highest BCUT2D eigenvalue weighted by Crippen LogP contribution is 2.11. The van der Waals surface area contributed by atoms with E-state index in [1.807, 2.05) is 0 Å². The second-order valence-corrected chi connectivity index (χ2v) is 5.05. The number of nitrogens with one attached hydrogen (secondary N) is 1. The van der Waals surface area contributed by atoms with Gasteiger partial charge in [0.2, 0.25) is 0 Å². The molecule has 2 heterocycles. The van der Waals surface area contributed by atoms with E-state index in [0.717, 1.165) is 19.4 Å². The van der Waals surface area contributed by atoms with Crippen molar-refractivity contribution in [2.75, 3.05) is 26.4 Å². The molecule has 2 rings (SSSR count). The first-order chi connectivity index (χ1) is 10.7. The molecule has 1 aromatic heterocycles. The third-order valence-electron chi connectivity index (χ3n) is 3.32. The smallest absolute Gasteiger partial charge is 0.335 e. The molecule has 1 unspecified atom stereocenters. The van der Waals surface area contributed by atoms with Gasteiger partial charge in [-0.2, -0.15) is 0 Å². The number of rotatable bonds is 8. The maximum atomic E-state index is 11.8. The average Bonchev–Trinajstić information content (AvgIpc) is 3.04. The molecule has 0 spiro atoms. The van der Waals surface area contributed by atoms with Gasteiger partial charge in [-0.25, -0.2) is 4.79 Å². The first-order valence-electron chi connectivity index (χ1n) is 7.33. The largest absolute Gasteiger partial charge is 0.478 e. The van der Waals surface area contributed by atoms with Gasteiger partial charge in [-0.05, 0) is 31.4 Å². The van der Waals surface area contributed by atoms with Gasteiger partial charge in [0.15, 0.2) is 0 Å². The fourth-order valence-electron chi connectivity index (χ4n) is 2.15. The lowest BCUT2D eigenvalue weighted by Gasteiger charge is -2.10. The Morgan fingerprint density at radius 3 is 3.09 bits per heavy atom. The van der Waals surface area contributed by atoms with Crippen molar-refractivity contribution in [3.8, 4) is 0 Å². The minimum atomic E-state index is -1.08. The van der Waals surface area contributed by atoms with Crippen LogP contribution < -0.4 is 5.32 Å². The van der Waals surface area contributed by atoms with E-state index in [0.29, 0.717) is 26.2 Å². The number of carboxylic acids is 1. The molecule has 7 heteroatoms. The van der Waals surface area contributed by atoms with Crippen molar-refractivity contribution in [2.45, 2.75) is 25.4 Å². The summed E-state index contributed by atoms with van der Waals surface area (Å²) in [5.41, 5.74) is 0.139. The number of hydrogen-bond acceptors (Lipinski definition) is 5. The van der Waals surface area contributed by atoms with Gasteiger partial charge in [-0.1, -0.05) is 0 Å². The van der Waals surface area contributed by atoms with Crippen LogP contribution in [0.5, 0.6) is 0 Å². The second-order valence-electron chi connectivity index (χ2n) is 5.05. The highest BCUT2D eigenvalue weighted by atomic mass is 16.5. The van der Waals surface area contributed by atoms with Crippen LogP contribution >= 0.6 is 0 Å². The highest BCUT2D eigenvalue weighted by molar-refractivity contribution is 5.95. The molecule has 1 aliphatic rings. The molecule has 1 saturated heterocycles. The lowest BCUT2D eigenvalue weighted by Crippen LogP contribution is -2.26. The van der Waals surface area contributed by atoms with Gasteiger partial charge in [-0.3, -0.25) is 9.78 Å². The minimum absolute atomic E-state index is 0.0417. The number of nitrogens with zero attached hydrogens (tertiary/aromatic N) is 1. The zero-order valence-corrected chi connectivity index (χ0v) is 12.3. The Labute approximate surface area is 128 Å². The molecule has 1 fully saturated rings. The molecule has 1 atom stereocenters. The molecule has 1 amide bonds. The summed E-state index contributed by atoms with van der Waals surface area (Å²) in [7, 11) is 0. The van der Waals surface area contributed by atoms with Gasteiger partial charge in [0.1, 0.15) is 5.69 Å². The van der Waals surface area contributed by atoms with Crippen molar-refractivity contribution < 1.29 is 24.2 Å². The summed E-state index contributed by atoms with van der Waals surface area (Å²) in [6.07, 6.45) is 4.33. The number of hydrogen-bond donors (Lipinski definition) is 2. The zero-order valence-electron chi connectivity index (χ0n) is 12.3. The Bertz CT molecular complexity index is 514. The van der Waals surface area contributed by atoms with Gasteiger partial charge >= 0.3 is 5.97 Å². The van der Waals surface area contributed by atoms with E-state index in [1.165, 1.54) is 18.3 Å². The van der Waals surface area contributed by atoms with E-state index in [4.69, 9.17) is 14.6 Å². The fourth-order valence-corrected chi connectivity index (χ4v) is 2.15. The lowest BCUT2D eigenvalue weighted by atomic mass is 10.2. The van der Waals surface area contributed by atoms with Gasteiger partial charge in [0.25, 0.3) is 5.91 Å². The van der Waals surface area contributed by atoms with Gasteiger partial charge in [-0.15, -0.1) is 0 Å². The van der Waals surface area contributed by atoms with Crippen LogP contribution in [-0.2, 0) is 9.47 Å². The summed E-state index contributed by atoms with van der Waals surface area (Å²) in [5, 5.41) is 11.6. The van der Waals surface area contributed by atoms with Crippen LogP contribution in [0.25, 0.3) is 0 Å². The van der Waals surface area contributed by atoms with Gasteiger partial charge < -0.3 is 19.9 Å². The quantitative estimate of drug-likeness (QED) is 0.698. The topological polar surface area (TPSA) is 97.8 Å². The van der Waals surface area contributed by atoms with Crippen molar-refractivity contribution in [2.24, 2.45) is 0 Å². The molecule has 0 aromatic carbocycles. The normalized spacial score (nSPS) is 17.4. The molecule has 7 nitrogen and oxygen atoms in total. The molecule has 1 aromatic rings. The number of aromatic nitrogens is 1. The summed E-state index contributed by atoms with van der Waals surface area (Å²) in [5.74, 6) is -1.47. The molecular weight excluding hydrogens is 288 g/mol. The Kier molecular flexibility index (Phi) is 6.29. The SMILES string of the molecule is O=C(O)c1ccnc(C(=O)NCCCOCC2CCCO2)c1. The van der Waals surface area contributed by atoms with Crippen molar-refractivity contribution in [3.63, 3.8) is 0 Å². The molecule has 0 radical (unpaired) electrons. The molecule has 0 saturated carbocycles. The predicted molar refractivity (Wildman–Crippen MR) is 77.9 cm³/mol. The average molecular weight is 308 g/mol. The van der Waals surface area contributed by atoms with Crippen LogP contribution in [0.2, 0.25) is 0 Å². The Morgan fingerprint density at radius 2 is 2.36 bits per heavy atom. The van der Waals surface area contributed by atoms with E-state index in [1.54, 1.807) is 0 Å². The molecule has 1 aliphatic heterocycles. The number of carbonyl (C=O) groups excluding carboxylic acids is 1. The standard InChI is InChI=1S/C15H20N2O5/c18-14(13-9-11(15(19)20)4-6-16-13)17-5-2-7-21-10-12-3-1-8-22-12/h4,6,9,12H,1-3,5,7-8,10H2,(H,17,18)(H,19,20). The van der Waals surface area contributed by atoms with Crippen LogP contribution in [0, 0.1) is 0 Å². The van der Waals surface area contributed by atoms with E-state index >= 15 is 0 Å². The Hall–Kier alpha value is -1.99. The zero-order chi connectivity index (χ0) is 15.8. The van der Waals surface area contributed by atoms with E-state index in [2.05, 4.69) is 10.3 Å². The molecular formula is C15H20N2O5. The summed E-state index contributed by atoms with van der Waals surface area (Å²) in [6, 6.07) is 2.60. The predicted octanol–water partition coefficient (Wildman–Crippen LogP) is 1.10. The summed E-state index contributed by atoms with van der Waals surface area (Å²) in [4.78, 5) is 26.5.